The molecule has 1 aliphatic rings. The van der Waals surface area contributed by atoms with Crippen LogP contribution in [0.25, 0.3) is 0 Å². The molecule has 0 bridgehead atoms. The lowest BCUT2D eigenvalue weighted by molar-refractivity contribution is 0.0778. The maximum atomic E-state index is 5.96. The van der Waals surface area contributed by atoms with Crippen molar-refractivity contribution in [1.82, 2.24) is 5.32 Å². The number of rotatable bonds is 2. The van der Waals surface area contributed by atoms with Crippen LogP contribution >= 0.6 is 0 Å². The first-order valence-electron chi connectivity index (χ1n) is 3.79. The summed E-state index contributed by atoms with van der Waals surface area (Å²) in [4.78, 5) is 0. The van der Waals surface area contributed by atoms with E-state index in [1.54, 1.807) is 26.3 Å². The molecule has 0 radical (unpaired) electrons. The molecule has 1 aliphatic carbocycles. The number of nitrogens with two attached hydrogens (primary N) is 2. The summed E-state index contributed by atoms with van der Waals surface area (Å²) < 4.78 is 5.17. The molecule has 4 heteroatoms. The van der Waals surface area contributed by atoms with E-state index in [0.29, 0.717) is 5.70 Å². The molecular formula is C8H15N3O. The summed E-state index contributed by atoms with van der Waals surface area (Å²) in [6.07, 6.45) is 5.21. The van der Waals surface area contributed by atoms with Crippen LogP contribution in [0.15, 0.2) is 23.9 Å². The van der Waals surface area contributed by atoms with E-state index in [1.807, 2.05) is 6.08 Å². The Kier molecular flexibility index (Phi) is 2.52. The Labute approximate surface area is 72.3 Å². The lowest BCUT2D eigenvalue weighted by atomic mass is 9.97. The van der Waals surface area contributed by atoms with Gasteiger partial charge >= 0.3 is 0 Å². The predicted molar refractivity (Wildman–Crippen MR) is 48.2 cm³/mol. The van der Waals surface area contributed by atoms with E-state index in [9.17, 15) is 0 Å². The van der Waals surface area contributed by atoms with Crippen LogP contribution in [-0.2, 0) is 4.74 Å². The topological polar surface area (TPSA) is 73.3 Å². The van der Waals surface area contributed by atoms with E-state index in [2.05, 4.69) is 5.32 Å². The van der Waals surface area contributed by atoms with Crippen molar-refractivity contribution in [3.05, 3.63) is 23.9 Å². The van der Waals surface area contributed by atoms with Gasteiger partial charge in [0.25, 0.3) is 0 Å². The molecule has 4 nitrogen and oxygen atoms in total. The molecule has 2 atom stereocenters. The van der Waals surface area contributed by atoms with Crippen LogP contribution in [-0.4, -0.2) is 25.9 Å². The fraction of sp³-hybridized carbons (Fsp3) is 0.500. The largest absolute Gasteiger partial charge is 0.399 e. The Morgan fingerprint density at radius 3 is 2.83 bits per heavy atom. The zero-order valence-electron chi connectivity index (χ0n) is 7.37. The van der Waals surface area contributed by atoms with Crippen molar-refractivity contribution in [2.75, 3.05) is 14.2 Å². The van der Waals surface area contributed by atoms with Crippen molar-refractivity contribution >= 4 is 0 Å². The molecule has 0 amide bonds. The smallest absolute Gasteiger partial charge is 0.118 e. The Morgan fingerprint density at radius 2 is 2.33 bits per heavy atom. The van der Waals surface area contributed by atoms with E-state index in [1.165, 1.54) is 0 Å². The molecule has 0 heterocycles. The lowest BCUT2D eigenvalue weighted by Crippen LogP contribution is -2.60. The zero-order chi connectivity index (χ0) is 9.19. The van der Waals surface area contributed by atoms with Gasteiger partial charge in [0.1, 0.15) is 11.8 Å². The second kappa shape index (κ2) is 3.26. The summed E-state index contributed by atoms with van der Waals surface area (Å²) in [6.45, 7) is 0. The molecule has 0 saturated heterocycles. The molecule has 0 aromatic heterocycles. The van der Waals surface area contributed by atoms with E-state index in [0.717, 1.165) is 0 Å². The second-order valence-corrected chi connectivity index (χ2v) is 2.84. The molecule has 12 heavy (non-hydrogen) atoms. The van der Waals surface area contributed by atoms with Crippen molar-refractivity contribution in [3.63, 3.8) is 0 Å². The fourth-order valence-electron chi connectivity index (χ4n) is 1.25. The predicted octanol–water partition coefficient (Wildman–Crippen LogP) is -0.712. The van der Waals surface area contributed by atoms with E-state index in [-0.39, 0.29) is 6.10 Å². The highest BCUT2D eigenvalue weighted by Gasteiger charge is 2.31. The van der Waals surface area contributed by atoms with Crippen LogP contribution in [0.3, 0.4) is 0 Å². The second-order valence-electron chi connectivity index (χ2n) is 2.84. The number of hydrogen-bond donors (Lipinski definition) is 3. The molecule has 0 aromatic carbocycles. The van der Waals surface area contributed by atoms with Gasteiger partial charge in [-0.1, -0.05) is 6.08 Å². The third kappa shape index (κ3) is 1.50. The highest BCUT2D eigenvalue weighted by Crippen LogP contribution is 2.16. The summed E-state index contributed by atoms with van der Waals surface area (Å²) in [6, 6.07) is 0. The summed E-state index contributed by atoms with van der Waals surface area (Å²) in [5.74, 6) is 0. The van der Waals surface area contributed by atoms with Gasteiger partial charge in [-0.15, -0.1) is 0 Å². The summed E-state index contributed by atoms with van der Waals surface area (Å²) in [5.41, 5.74) is 11.5. The fourth-order valence-corrected chi connectivity index (χ4v) is 1.25. The zero-order valence-corrected chi connectivity index (χ0v) is 7.37. The van der Waals surface area contributed by atoms with Crippen LogP contribution in [0, 0.1) is 0 Å². The van der Waals surface area contributed by atoms with Gasteiger partial charge in [-0.3, -0.25) is 5.32 Å². The van der Waals surface area contributed by atoms with Crippen LogP contribution < -0.4 is 16.8 Å². The third-order valence-electron chi connectivity index (χ3n) is 2.03. The Hall–Kier alpha value is -0.840. The van der Waals surface area contributed by atoms with Crippen LogP contribution in [0.2, 0.25) is 0 Å². The van der Waals surface area contributed by atoms with Crippen molar-refractivity contribution in [2.24, 2.45) is 11.5 Å². The first-order chi connectivity index (χ1) is 5.62. The number of ether oxygens (including phenoxy) is 1. The average Bonchev–Trinajstić information content (AvgIpc) is 2.05. The standard InChI is InChI=1S/C8H15N3O/c1-11-8(10)5-6(9)3-4-7(8)12-2/h3-5,7,11H,9-10H2,1-2H3. The number of nitrogens with one attached hydrogen (secondary N) is 1. The van der Waals surface area contributed by atoms with Gasteiger partial charge in [-0.25, -0.2) is 0 Å². The average molecular weight is 169 g/mol. The summed E-state index contributed by atoms with van der Waals surface area (Å²) in [7, 11) is 3.39. The van der Waals surface area contributed by atoms with Crippen molar-refractivity contribution < 1.29 is 4.74 Å². The molecular weight excluding hydrogens is 154 g/mol. The lowest BCUT2D eigenvalue weighted by Gasteiger charge is -2.34. The van der Waals surface area contributed by atoms with Crippen molar-refractivity contribution in [3.8, 4) is 0 Å². The molecule has 0 saturated carbocycles. The molecule has 0 aromatic rings. The maximum absolute atomic E-state index is 5.96. The maximum Gasteiger partial charge on any atom is 0.118 e. The normalized spacial score (nSPS) is 34.9. The van der Waals surface area contributed by atoms with Crippen molar-refractivity contribution in [1.29, 1.82) is 0 Å². The highest BCUT2D eigenvalue weighted by atomic mass is 16.5. The Balaban J connectivity index is 2.88. The minimum atomic E-state index is -0.687. The van der Waals surface area contributed by atoms with Crippen molar-refractivity contribution in [2.45, 2.75) is 11.8 Å². The molecule has 0 aliphatic heterocycles. The minimum absolute atomic E-state index is 0.171. The van der Waals surface area contributed by atoms with Gasteiger partial charge in [-0.2, -0.15) is 0 Å². The van der Waals surface area contributed by atoms with Gasteiger partial charge in [-0.05, 0) is 19.2 Å². The van der Waals surface area contributed by atoms with E-state index >= 15 is 0 Å². The number of likely N-dealkylation sites (N-methyl/N-ethyl adjacent to an activating group) is 1. The summed E-state index contributed by atoms with van der Waals surface area (Å²) >= 11 is 0. The minimum Gasteiger partial charge on any atom is -0.399 e. The quantitative estimate of drug-likeness (QED) is 0.477. The molecule has 1 rings (SSSR count). The molecule has 5 N–H and O–H groups in total. The number of hydrogen-bond acceptors (Lipinski definition) is 4. The Bertz CT molecular complexity index is 224. The Morgan fingerprint density at radius 1 is 1.67 bits per heavy atom. The van der Waals surface area contributed by atoms with Crippen LogP contribution in [0.5, 0.6) is 0 Å². The monoisotopic (exact) mass is 169 g/mol. The first-order valence-corrected chi connectivity index (χ1v) is 3.79. The van der Waals surface area contributed by atoms with Crippen LogP contribution in [0.1, 0.15) is 0 Å². The SMILES string of the molecule is CNC1(N)C=C(N)C=CC1OC. The molecule has 68 valence electrons. The highest BCUT2D eigenvalue weighted by molar-refractivity contribution is 5.30. The van der Waals surface area contributed by atoms with Gasteiger partial charge < -0.3 is 16.2 Å². The molecule has 2 unspecified atom stereocenters. The van der Waals surface area contributed by atoms with Gasteiger partial charge in [0, 0.05) is 12.8 Å². The van der Waals surface area contributed by atoms with E-state index in [4.69, 9.17) is 16.2 Å². The van der Waals surface area contributed by atoms with Gasteiger partial charge in [0.05, 0.1) is 0 Å². The third-order valence-corrected chi connectivity index (χ3v) is 2.03. The first kappa shape index (κ1) is 9.25. The summed E-state index contributed by atoms with van der Waals surface area (Å²) in [5, 5.41) is 2.96. The van der Waals surface area contributed by atoms with Gasteiger partial charge in [0.2, 0.25) is 0 Å². The number of methoxy groups -OCH3 is 1. The van der Waals surface area contributed by atoms with Crippen LogP contribution in [0.4, 0.5) is 0 Å². The number of allylic oxidation sites excluding steroid dienone is 1. The molecule has 0 spiro atoms. The van der Waals surface area contributed by atoms with Gasteiger partial charge in [0.15, 0.2) is 0 Å². The van der Waals surface area contributed by atoms with E-state index < -0.39 is 5.66 Å². The molecule has 0 fully saturated rings.